The van der Waals surface area contributed by atoms with E-state index in [1.807, 2.05) is 0 Å². The van der Waals surface area contributed by atoms with Crippen molar-refractivity contribution < 1.29 is 4.39 Å². The average Bonchev–Trinajstić information content (AvgIpc) is 2.07. The lowest BCUT2D eigenvalue weighted by molar-refractivity contribution is 0.444. The van der Waals surface area contributed by atoms with Gasteiger partial charge >= 0.3 is 0 Å². The maximum atomic E-state index is 11.8. The summed E-state index contributed by atoms with van der Waals surface area (Å²) in [4.78, 5) is 11.1. The van der Waals surface area contributed by atoms with E-state index in [1.54, 1.807) is 0 Å². The zero-order valence-corrected chi connectivity index (χ0v) is 6.66. The van der Waals surface area contributed by atoms with E-state index in [9.17, 15) is 9.18 Å². The molecule has 12 heavy (non-hydrogen) atoms. The van der Waals surface area contributed by atoms with Crippen molar-refractivity contribution in [1.82, 2.24) is 4.57 Å². The third-order valence-corrected chi connectivity index (χ3v) is 1.54. The van der Waals surface area contributed by atoms with Gasteiger partial charge in [-0.2, -0.15) is 0 Å². The number of aryl methyl sites for hydroxylation is 1. The van der Waals surface area contributed by atoms with Crippen LogP contribution in [0.3, 0.4) is 0 Å². The van der Waals surface area contributed by atoms with E-state index in [2.05, 4.69) is 0 Å². The Kier molecular flexibility index (Phi) is 2.85. The fourth-order valence-electron chi connectivity index (χ4n) is 0.955. The second-order valence-corrected chi connectivity index (χ2v) is 2.54. The number of rotatable bonds is 3. The Morgan fingerprint density at radius 3 is 2.92 bits per heavy atom. The average molecular weight is 170 g/mol. The number of hydrogen-bond acceptors (Lipinski definition) is 2. The van der Waals surface area contributed by atoms with Gasteiger partial charge in [-0.15, -0.1) is 0 Å². The number of aromatic nitrogens is 1. The fourth-order valence-corrected chi connectivity index (χ4v) is 0.955. The molecule has 0 saturated heterocycles. The third-order valence-electron chi connectivity index (χ3n) is 1.54. The molecule has 1 aromatic rings. The van der Waals surface area contributed by atoms with Crippen molar-refractivity contribution in [2.75, 3.05) is 12.4 Å². The van der Waals surface area contributed by atoms with Crippen LogP contribution < -0.4 is 11.3 Å². The molecule has 0 saturated carbocycles. The van der Waals surface area contributed by atoms with Gasteiger partial charge in [-0.05, 0) is 12.5 Å². The Labute approximate surface area is 69.6 Å². The molecule has 0 unspecified atom stereocenters. The monoisotopic (exact) mass is 170 g/mol. The standard InChI is InChI=1S/C8H11FN2O/c9-4-1-5-11-6-7(10)2-3-8(11)12/h2-3,6H,1,4-5,10H2. The molecule has 66 valence electrons. The van der Waals surface area contributed by atoms with Crippen LogP contribution in [-0.4, -0.2) is 11.2 Å². The summed E-state index contributed by atoms with van der Waals surface area (Å²) in [6, 6.07) is 2.92. The molecule has 3 nitrogen and oxygen atoms in total. The molecule has 0 aromatic carbocycles. The highest BCUT2D eigenvalue weighted by atomic mass is 19.1. The van der Waals surface area contributed by atoms with Crippen LogP contribution in [0.15, 0.2) is 23.1 Å². The largest absolute Gasteiger partial charge is 0.398 e. The van der Waals surface area contributed by atoms with Crippen molar-refractivity contribution in [3.8, 4) is 0 Å². The van der Waals surface area contributed by atoms with Crippen molar-refractivity contribution >= 4 is 5.69 Å². The summed E-state index contributed by atoms with van der Waals surface area (Å²) in [5.41, 5.74) is 5.83. The molecule has 4 heteroatoms. The summed E-state index contributed by atoms with van der Waals surface area (Å²) in [5, 5.41) is 0. The van der Waals surface area contributed by atoms with Crippen LogP contribution in [0.2, 0.25) is 0 Å². The van der Waals surface area contributed by atoms with Crippen LogP contribution >= 0.6 is 0 Å². The predicted octanol–water partition coefficient (Wildman–Crippen LogP) is 0.790. The predicted molar refractivity (Wildman–Crippen MR) is 45.7 cm³/mol. The molecule has 0 aliphatic heterocycles. The summed E-state index contributed by atoms with van der Waals surface area (Å²) in [6.45, 7) is -0.0262. The van der Waals surface area contributed by atoms with Crippen molar-refractivity contribution in [3.05, 3.63) is 28.7 Å². The Balaban J connectivity index is 2.83. The normalized spacial score (nSPS) is 10.1. The number of nitrogens with two attached hydrogens (primary N) is 1. The molecule has 0 aliphatic carbocycles. The van der Waals surface area contributed by atoms with Gasteiger partial charge in [0.15, 0.2) is 0 Å². The first kappa shape index (κ1) is 8.77. The number of alkyl halides is 1. The minimum atomic E-state index is -0.415. The molecule has 0 aliphatic rings. The molecule has 1 rings (SSSR count). The van der Waals surface area contributed by atoms with Gasteiger partial charge in [-0.3, -0.25) is 9.18 Å². The first-order valence-electron chi connectivity index (χ1n) is 3.76. The Hall–Kier alpha value is -1.32. The third kappa shape index (κ3) is 2.08. The number of pyridine rings is 1. The fraction of sp³-hybridized carbons (Fsp3) is 0.375. The molecule has 0 radical (unpaired) electrons. The van der Waals surface area contributed by atoms with E-state index < -0.39 is 6.67 Å². The second-order valence-electron chi connectivity index (χ2n) is 2.54. The SMILES string of the molecule is Nc1ccc(=O)n(CCCF)c1. The zero-order valence-electron chi connectivity index (χ0n) is 6.66. The van der Waals surface area contributed by atoms with Crippen LogP contribution in [0.5, 0.6) is 0 Å². The van der Waals surface area contributed by atoms with Gasteiger partial charge in [0, 0.05) is 24.5 Å². The molecule has 0 amide bonds. The van der Waals surface area contributed by atoms with Gasteiger partial charge < -0.3 is 10.3 Å². The summed E-state index contributed by atoms with van der Waals surface area (Å²) in [7, 11) is 0. The molecule has 0 bridgehead atoms. The number of hydrogen-bond donors (Lipinski definition) is 1. The van der Waals surface area contributed by atoms with Gasteiger partial charge in [0.1, 0.15) is 0 Å². The van der Waals surface area contributed by atoms with Crippen molar-refractivity contribution in [2.24, 2.45) is 0 Å². The Morgan fingerprint density at radius 2 is 2.25 bits per heavy atom. The van der Waals surface area contributed by atoms with E-state index in [4.69, 9.17) is 5.73 Å². The zero-order chi connectivity index (χ0) is 8.97. The lowest BCUT2D eigenvalue weighted by atomic mass is 10.4. The molecule has 0 atom stereocenters. The highest BCUT2D eigenvalue weighted by Crippen LogP contribution is 1.96. The summed E-state index contributed by atoms with van der Waals surface area (Å²) in [6.07, 6.45) is 1.88. The van der Waals surface area contributed by atoms with E-state index in [0.29, 0.717) is 18.7 Å². The van der Waals surface area contributed by atoms with Crippen LogP contribution in [0.1, 0.15) is 6.42 Å². The Morgan fingerprint density at radius 1 is 1.50 bits per heavy atom. The maximum absolute atomic E-state index is 11.8. The quantitative estimate of drug-likeness (QED) is 0.729. The number of nitrogen functional groups attached to an aromatic ring is 1. The van der Waals surface area contributed by atoms with E-state index >= 15 is 0 Å². The minimum absolute atomic E-state index is 0.141. The van der Waals surface area contributed by atoms with E-state index in [-0.39, 0.29) is 5.56 Å². The molecule has 0 fully saturated rings. The molecule has 2 N–H and O–H groups in total. The van der Waals surface area contributed by atoms with Gasteiger partial charge in [0.05, 0.1) is 6.67 Å². The van der Waals surface area contributed by atoms with Crippen LogP contribution in [0.4, 0.5) is 10.1 Å². The van der Waals surface area contributed by atoms with E-state index in [0.717, 1.165) is 0 Å². The highest BCUT2D eigenvalue weighted by molar-refractivity contribution is 5.33. The van der Waals surface area contributed by atoms with Gasteiger partial charge in [0.25, 0.3) is 5.56 Å². The number of halogens is 1. The van der Waals surface area contributed by atoms with E-state index in [1.165, 1.54) is 22.9 Å². The molecule has 1 heterocycles. The molecular formula is C8H11FN2O. The van der Waals surface area contributed by atoms with Crippen LogP contribution in [0, 0.1) is 0 Å². The first-order chi connectivity index (χ1) is 5.74. The maximum Gasteiger partial charge on any atom is 0.250 e. The lowest BCUT2D eigenvalue weighted by Gasteiger charge is -2.03. The summed E-state index contributed by atoms with van der Waals surface area (Å²) < 4.78 is 13.2. The van der Waals surface area contributed by atoms with Gasteiger partial charge in [-0.25, -0.2) is 0 Å². The van der Waals surface area contributed by atoms with Crippen LogP contribution in [0.25, 0.3) is 0 Å². The topological polar surface area (TPSA) is 48.0 Å². The van der Waals surface area contributed by atoms with Gasteiger partial charge in [0.2, 0.25) is 0 Å². The van der Waals surface area contributed by atoms with Crippen molar-refractivity contribution in [2.45, 2.75) is 13.0 Å². The highest BCUT2D eigenvalue weighted by Gasteiger charge is 1.95. The Bertz CT molecular complexity index is 308. The smallest absolute Gasteiger partial charge is 0.250 e. The molecule has 1 aromatic heterocycles. The van der Waals surface area contributed by atoms with Gasteiger partial charge in [-0.1, -0.05) is 0 Å². The second kappa shape index (κ2) is 3.90. The van der Waals surface area contributed by atoms with Crippen LogP contribution in [-0.2, 0) is 6.54 Å². The lowest BCUT2D eigenvalue weighted by Crippen LogP contribution is -2.19. The minimum Gasteiger partial charge on any atom is -0.398 e. The first-order valence-corrected chi connectivity index (χ1v) is 3.76. The number of nitrogens with zero attached hydrogens (tertiary/aromatic N) is 1. The molecule has 0 spiro atoms. The molecular weight excluding hydrogens is 159 g/mol. The summed E-state index contributed by atoms with van der Waals surface area (Å²) >= 11 is 0. The number of anilines is 1. The summed E-state index contributed by atoms with van der Waals surface area (Å²) in [5.74, 6) is 0. The van der Waals surface area contributed by atoms with Crippen molar-refractivity contribution in [3.63, 3.8) is 0 Å². The van der Waals surface area contributed by atoms with Crippen molar-refractivity contribution in [1.29, 1.82) is 0 Å².